The largest absolute Gasteiger partial charge is 0.394 e. The Labute approximate surface area is 314 Å². The van der Waals surface area contributed by atoms with E-state index in [4.69, 9.17) is 0 Å². The Balaban J connectivity index is 3.29. The van der Waals surface area contributed by atoms with E-state index in [2.05, 4.69) is 19.2 Å². The molecule has 0 aromatic rings. The van der Waals surface area contributed by atoms with Crippen LogP contribution in [-0.4, -0.2) is 34.9 Å². The van der Waals surface area contributed by atoms with Crippen LogP contribution in [0.2, 0.25) is 0 Å². The van der Waals surface area contributed by atoms with Crippen molar-refractivity contribution in [2.45, 2.75) is 283 Å². The van der Waals surface area contributed by atoms with Crippen LogP contribution in [0.3, 0.4) is 0 Å². The molecule has 1 amide bonds. The van der Waals surface area contributed by atoms with Gasteiger partial charge < -0.3 is 15.5 Å². The normalized spacial score (nSPS) is 12.8. The van der Waals surface area contributed by atoms with E-state index in [9.17, 15) is 15.0 Å². The van der Waals surface area contributed by atoms with Crippen molar-refractivity contribution in [3.63, 3.8) is 0 Å². The summed E-state index contributed by atoms with van der Waals surface area (Å²) in [6.45, 7) is 4.32. The molecule has 0 aromatic carbocycles. The summed E-state index contributed by atoms with van der Waals surface area (Å²) in [6, 6.07) is -0.527. The first kappa shape index (κ1) is 49.4. The molecular formula is C46H93NO3. The minimum Gasteiger partial charge on any atom is -0.394 e. The molecule has 0 heterocycles. The minimum absolute atomic E-state index is 0.0374. The molecule has 3 N–H and O–H groups in total. The van der Waals surface area contributed by atoms with E-state index in [1.807, 2.05) is 0 Å². The number of rotatable bonds is 43. The Morgan fingerprint density at radius 3 is 0.900 bits per heavy atom. The fraction of sp³-hybridized carbons (Fsp3) is 0.978. The summed E-state index contributed by atoms with van der Waals surface area (Å²) in [5.74, 6) is -0.0374. The second-order valence-electron chi connectivity index (χ2n) is 16.2. The molecule has 0 aromatic heterocycles. The quantitative estimate of drug-likeness (QED) is 0.0553. The molecule has 4 heteroatoms. The van der Waals surface area contributed by atoms with Crippen molar-refractivity contribution in [1.82, 2.24) is 5.32 Å². The van der Waals surface area contributed by atoms with E-state index in [1.54, 1.807) is 0 Å². The molecular weight excluding hydrogens is 615 g/mol. The lowest BCUT2D eigenvalue weighted by atomic mass is 10.0. The molecule has 0 aliphatic heterocycles. The Bertz CT molecular complexity index is 641. The van der Waals surface area contributed by atoms with Gasteiger partial charge in [-0.05, 0) is 12.8 Å². The van der Waals surface area contributed by atoms with Crippen molar-refractivity contribution in [3.8, 4) is 0 Å². The van der Waals surface area contributed by atoms with Crippen LogP contribution < -0.4 is 5.32 Å². The van der Waals surface area contributed by atoms with Crippen LogP contribution in [0.4, 0.5) is 0 Å². The van der Waals surface area contributed by atoms with E-state index >= 15 is 0 Å². The van der Waals surface area contributed by atoms with E-state index < -0.39 is 12.1 Å². The highest BCUT2D eigenvalue weighted by Crippen LogP contribution is 2.17. The van der Waals surface area contributed by atoms with Crippen molar-refractivity contribution in [3.05, 3.63) is 0 Å². The summed E-state index contributed by atoms with van der Waals surface area (Å²) in [5, 5.41) is 23.0. The predicted octanol–water partition coefficient (Wildman–Crippen LogP) is 14.5. The second-order valence-corrected chi connectivity index (χ2v) is 16.2. The number of amides is 1. The first-order chi connectivity index (χ1) is 24.7. The maximum atomic E-state index is 12.2. The Kier molecular flexibility index (Phi) is 42.3. The second kappa shape index (κ2) is 42.8. The van der Waals surface area contributed by atoms with Crippen molar-refractivity contribution in [2.75, 3.05) is 6.61 Å². The van der Waals surface area contributed by atoms with E-state index in [0.29, 0.717) is 12.8 Å². The van der Waals surface area contributed by atoms with Gasteiger partial charge in [0.05, 0.1) is 18.8 Å². The van der Waals surface area contributed by atoms with Crippen molar-refractivity contribution >= 4 is 5.91 Å². The van der Waals surface area contributed by atoms with E-state index in [1.165, 1.54) is 218 Å². The third-order valence-corrected chi connectivity index (χ3v) is 11.1. The first-order valence-corrected chi connectivity index (χ1v) is 23.2. The lowest BCUT2D eigenvalue weighted by Crippen LogP contribution is -2.45. The number of unbranched alkanes of at least 4 members (excludes halogenated alkanes) is 36. The van der Waals surface area contributed by atoms with Gasteiger partial charge in [0, 0.05) is 6.42 Å². The molecule has 0 saturated carbocycles. The summed E-state index contributed by atoms with van der Waals surface area (Å²) in [7, 11) is 0. The van der Waals surface area contributed by atoms with E-state index in [0.717, 1.165) is 25.7 Å². The molecule has 0 spiro atoms. The Hall–Kier alpha value is -0.610. The average Bonchev–Trinajstić information content (AvgIpc) is 3.12. The van der Waals surface area contributed by atoms with Crippen molar-refractivity contribution < 1.29 is 15.0 Å². The van der Waals surface area contributed by atoms with Gasteiger partial charge in [0.2, 0.25) is 5.91 Å². The standard InChI is InChI=1S/C46H93NO3/c1-3-5-7-9-11-12-13-14-15-16-17-18-19-20-21-22-23-24-25-26-27-28-29-30-31-32-33-34-35-36-37-39-41-45(49)44(43-48)47-46(50)42-40-38-10-8-6-4-2/h44-45,48-49H,3-43H2,1-2H3,(H,47,50). The van der Waals surface area contributed by atoms with E-state index in [-0.39, 0.29) is 12.5 Å². The molecule has 0 bridgehead atoms. The number of aliphatic hydroxyl groups excluding tert-OH is 2. The number of aliphatic hydroxyl groups is 2. The van der Waals surface area contributed by atoms with Gasteiger partial charge in [-0.1, -0.05) is 251 Å². The monoisotopic (exact) mass is 708 g/mol. The topological polar surface area (TPSA) is 69.6 Å². The molecule has 2 unspecified atom stereocenters. The van der Waals surface area contributed by atoms with Gasteiger partial charge in [-0.3, -0.25) is 4.79 Å². The fourth-order valence-electron chi connectivity index (χ4n) is 7.54. The molecule has 0 aliphatic rings. The zero-order valence-corrected chi connectivity index (χ0v) is 34.4. The van der Waals surface area contributed by atoms with Gasteiger partial charge in [0.25, 0.3) is 0 Å². The third-order valence-electron chi connectivity index (χ3n) is 11.1. The number of nitrogens with one attached hydrogen (secondary N) is 1. The molecule has 50 heavy (non-hydrogen) atoms. The van der Waals surface area contributed by atoms with Crippen LogP contribution in [-0.2, 0) is 4.79 Å². The Morgan fingerprint density at radius 2 is 0.640 bits per heavy atom. The molecule has 0 radical (unpaired) electrons. The molecule has 0 aliphatic carbocycles. The van der Waals surface area contributed by atoms with Crippen LogP contribution in [0.25, 0.3) is 0 Å². The smallest absolute Gasteiger partial charge is 0.220 e. The molecule has 300 valence electrons. The number of hydrogen-bond acceptors (Lipinski definition) is 3. The van der Waals surface area contributed by atoms with Gasteiger partial charge in [0.15, 0.2) is 0 Å². The summed E-state index contributed by atoms with van der Waals surface area (Å²) >= 11 is 0. The highest BCUT2D eigenvalue weighted by Gasteiger charge is 2.20. The Morgan fingerprint density at radius 1 is 0.400 bits per heavy atom. The zero-order valence-electron chi connectivity index (χ0n) is 34.4. The van der Waals surface area contributed by atoms with Crippen LogP contribution in [0.15, 0.2) is 0 Å². The van der Waals surface area contributed by atoms with Crippen LogP contribution in [0, 0.1) is 0 Å². The molecule has 2 atom stereocenters. The summed E-state index contributed by atoms with van der Waals surface area (Å²) < 4.78 is 0. The van der Waals surface area contributed by atoms with Crippen LogP contribution in [0.5, 0.6) is 0 Å². The predicted molar refractivity (Wildman–Crippen MR) is 221 cm³/mol. The maximum Gasteiger partial charge on any atom is 0.220 e. The maximum absolute atomic E-state index is 12.2. The lowest BCUT2D eigenvalue weighted by Gasteiger charge is -2.22. The number of hydrogen-bond donors (Lipinski definition) is 3. The molecule has 0 fully saturated rings. The first-order valence-electron chi connectivity index (χ1n) is 23.2. The number of carbonyl (C=O) groups is 1. The fourth-order valence-corrected chi connectivity index (χ4v) is 7.54. The van der Waals surface area contributed by atoms with Crippen molar-refractivity contribution in [2.24, 2.45) is 0 Å². The van der Waals surface area contributed by atoms with Crippen LogP contribution >= 0.6 is 0 Å². The summed E-state index contributed by atoms with van der Waals surface area (Å²) in [6.07, 6.45) is 52.4. The summed E-state index contributed by atoms with van der Waals surface area (Å²) in [5.41, 5.74) is 0. The van der Waals surface area contributed by atoms with Gasteiger partial charge in [-0.25, -0.2) is 0 Å². The van der Waals surface area contributed by atoms with Crippen molar-refractivity contribution in [1.29, 1.82) is 0 Å². The summed E-state index contributed by atoms with van der Waals surface area (Å²) in [4.78, 5) is 12.2. The third kappa shape index (κ3) is 38.6. The number of carbonyl (C=O) groups excluding carboxylic acids is 1. The van der Waals surface area contributed by atoms with Gasteiger partial charge in [-0.2, -0.15) is 0 Å². The highest BCUT2D eigenvalue weighted by molar-refractivity contribution is 5.76. The van der Waals surface area contributed by atoms with Gasteiger partial charge >= 0.3 is 0 Å². The zero-order chi connectivity index (χ0) is 36.4. The highest BCUT2D eigenvalue weighted by atomic mass is 16.3. The van der Waals surface area contributed by atoms with Gasteiger partial charge in [-0.15, -0.1) is 0 Å². The molecule has 0 saturated heterocycles. The van der Waals surface area contributed by atoms with Crippen LogP contribution in [0.1, 0.15) is 271 Å². The SMILES string of the molecule is CCCCCCCCCCCCCCCCCCCCCCCCCCCCCCCCCCC(O)C(CO)NC(=O)CCCCCCCC. The van der Waals surface area contributed by atoms with Gasteiger partial charge in [0.1, 0.15) is 0 Å². The minimum atomic E-state index is -0.651. The average molecular weight is 708 g/mol. The molecule has 4 nitrogen and oxygen atoms in total. The molecule has 0 rings (SSSR count). The lowest BCUT2D eigenvalue weighted by molar-refractivity contribution is -0.123.